The van der Waals surface area contributed by atoms with Gasteiger partial charge in [0.05, 0.1) is 0 Å². The third kappa shape index (κ3) is 2.69. The molecule has 1 saturated carbocycles. The summed E-state index contributed by atoms with van der Waals surface area (Å²) in [6.07, 6.45) is 6.82. The summed E-state index contributed by atoms with van der Waals surface area (Å²) in [5.74, 6) is 0. The highest BCUT2D eigenvalue weighted by molar-refractivity contribution is 5.54. The highest BCUT2D eigenvalue weighted by Gasteiger charge is 2.14. The van der Waals surface area contributed by atoms with Crippen LogP contribution in [0.2, 0.25) is 0 Å². The lowest BCUT2D eigenvalue weighted by molar-refractivity contribution is 0.711. The summed E-state index contributed by atoms with van der Waals surface area (Å²) in [6.45, 7) is 2.18. The average Bonchev–Trinajstić information content (AvgIpc) is 2.65. The Balaban J connectivity index is 2.10. The second-order valence-electron chi connectivity index (χ2n) is 4.40. The minimum atomic E-state index is 0.395. The van der Waals surface area contributed by atoms with Crippen molar-refractivity contribution >= 4 is 6.08 Å². The molecule has 0 saturated heterocycles. The maximum absolute atomic E-state index is 5.88. The van der Waals surface area contributed by atoms with Crippen LogP contribution in [-0.4, -0.2) is 6.04 Å². The largest absolute Gasteiger partial charge is 0.327 e. The van der Waals surface area contributed by atoms with E-state index in [4.69, 9.17) is 5.73 Å². The lowest BCUT2D eigenvalue weighted by Crippen LogP contribution is -2.13. The first-order valence-electron chi connectivity index (χ1n) is 5.82. The molecule has 0 spiro atoms. The Morgan fingerprint density at radius 1 is 1.33 bits per heavy atom. The number of benzene rings is 1. The molecule has 2 rings (SSSR count). The van der Waals surface area contributed by atoms with Crippen molar-refractivity contribution in [3.05, 3.63) is 41.0 Å². The summed E-state index contributed by atoms with van der Waals surface area (Å²) in [7, 11) is 0. The third-order valence-electron chi connectivity index (χ3n) is 3.12. The van der Waals surface area contributed by atoms with Gasteiger partial charge in [0.2, 0.25) is 0 Å². The van der Waals surface area contributed by atoms with Gasteiger partial charge >= 0.3 is 0 Å². The van der Waals surface area contributed by atoms with Gasteiger partial charge in [-0.1, -0.05) is 42.8 Å². The fraction of sp³-hybridized carbons (Fsp3) is 0.429. The first-order chi connectivity index (χ1) is 7.28. The molecule has 0 amide bonds. The van der Waals surface area contributed by atoms with E-state index in [9.17, 15) is 0 Å². The molecule has 2 N–H and O–H groups in total. The predicted molar refractivity (Wildman–Crippen MR) is 65.6 cm³/mol. The van der Waals surface area contributed by atoms with Crippen LogP contribution in [0.4, 0.5) is 0 Å². The molecule has 1 aromatic carbocycles. The van der Waals surface area contributed by atoms with Crippen molar-refractivity contribution in [2.45, 2.75) is 38.6 Å². The van der Waals surface area contributed by atoms with E-state index in [1.807, 2.05) is 0 Å². The first-order valence-corrected chi connectivity index (χ1v) is 5.82. The van der Waals surface area contributed by atoms with E-state index in [1.54, 1.807) is 0 Å². The van der Waals surface area contributed by atoms with Gasteiger partial charge in [0.15, 0.2) is 0 Å². The summed E-state index contributed by atoms with van der Waals surface area (Å²) in [5, 5.41) is 0. The fourth-order valence-electron chi connectivity index (χ4n) is 2.13. The molecule has 80 valence electrons. The van der Waals surface area contributed by atoms with Crippen LogP contribution in [0.3, 0.4) is 0 Å². The van der Waals surface area contributed by atoms with E-state index in [2.05, 4.69) is 37.3 Å². The Morgan fingerprint density at radius 3 is 2.60 bits per heavy atom. The monoisotopic (exact) mass is 201 g/mol. The van der Waals surface area contributed by atoms with Crippen LogP contribution in [0.5, 0.6) is 0 Å². The molecule has 1 unspecified atom stereocenters. The SMILES string of the molecule is CCc1ccc(C=C2CCC(N)C2)cc1. The molecule has 0 radical (unpaired) electrons. The maximum atomic E-state index is 5.88. The molecule has 1 fully saturated rings. The van der Waals surface area contributed by atoms with E-state index in [-0.39, 0.29) is 0 Å². The quantitative estimate of drug-likeness (QED) is 0.781. The lowest BCUT2D eigenvalue weighted by atomic mass is 10.1. The average molecular weight is 201 g/mol. The maximum Gasteiger partial charge on any atom is 0.00792 e. The van der Waals surface area contributed by atoms with Gasteiger partial charge in [-0.25, -0.2) is 0 Å². The van der Waals surface area contributed by atoms with E-state index < -0.39 is 0 Å². The minimum absolute atomic E-state index is 0.395. The number of rotatable bonds is 2. The van der Waals surface area contributed by atoms with Crippen LogP contribution in [0.15, 0.2) is 29.8 Å². The number of aryl methyl sites for hydroxylation is 1. The number of hydrogen-bond acceptors (Lipinski definition) is 1. The number of nitrogens with two attached hydrogens (primary N) is 1. The van der Waals surface area contributed by atoms with Crippen molar-refractivity contribution in [3.8, 4) is 0 Å². The highest BCUT2D eigenvalue weighted by Crippen LogP contribution is 2.25. The lowest BCUT2D eigenvalue weighted by Gasteiger charge is -2.00. The molecule has 15 heavy (non-hydrogen) atoms. The summed E-state index contributed by atoms with van der Waals surface area (Å²) < 4.78 is 0. The molecule has 0 aromatic heterocycles. The van der Waals surface area contributed by atoms with Crippen molar-refractivity contribution in [2.24, 2.45) is 5.73 Å². The van der Waals surface area contributed by atoms with Gasteiger partial charge in [0, 0.05) is 6.04 Å². The Labute approximate surface area is 92.0 Å². The topological polar surface area (TPSA) is 26.0 Å². The Hall–Kier alpha value is -1.08. The molecule has 1 nitrogen and oxygen atoms in total. The van der Waals surface area contributed by atoms with Gasteiger partial charge in [-0.3, -0.25) is 0 Å². The van der Waals surface area contributed by atoms with Gasteiger partial charge in [0.1, 0.15) is 0 Å². The third-order valence-corrected chi connectivity index (χ3v) is 3.12. The fourth-order valence-corrected chi connectivity index (χ4v) is 2.13. The van der Waals surface area contributed by atoms with Crippen LogP contribution < -0.4 is 5.73 Å². The summed E-state index contributed by atoms with van der Waals surface area (Å²) in [5.41, 5.74) is 10.1. The molecular formula is C14H19N. The zero-order chi connectivity index (χ0) is 10.7. The molecule has 0 aliphatic heterocycles. The van der Waals surface area contributed by atoms with Crippen molar-refractivity contribution in [3.63, 3.8) is 0 Å². The van der Waals surface area contributed by atoms with Crippen LogP contribution in [0.1, 0.15) is 37.3 Å². The molecular weight excluding hydrogens is 182 g/mol. The summed E-state index contributed by atoms with van der Waals surface area (Å²) in [4.78, 5) is 0. The summed E-state index contributed by atoms with van der Waals surface area (Å²) in [6, 6.07) is 9.22. The zero-order valence-electron chi connectivity index (χ0n) is 9.37. The van der Waals surface area contributed by atoms with Crippen molar-refractivity contribution in [1.82, 2.24) is 0 Å². The summed E-state index contributed by atoms with van der Waals surface area (Å²) >= 11 is 0. The Morgan fingerprint density at radius 2 is 2.07 bits per heavy atom. The van der Waals surface area contributed by atoms with Crippen LogP contribution in [-0.2, 0) is 6.42 Å². The molecule has 1 atom stereocenters. The van der Waals surface area contributed by atoms with Gasteiger partial charge in [-0.2, -0.15) is 0 Å². The van der Waals surface area contributed by atoms with E-state index in [1.165, 1.54) is 23.1 Å². The molecule has 1 aromatic rings. The van der Waals surface area contributed by atoms with E-state index in [0.717, 1.165) is 19.3 Å². The van der Waals surface area contributed by atoms with Gasteiger partial charge < -0.3 is 5.73 Å². The molecule has 0 bridgehead atoms. The van der Waals surface area contributed by atoms with Crippen molar-refractivity contribution in [1.29, 1.82) is 0 Å². The van der Waals surface area contributed by atoms with Gasteiger partial charge in [0.25, 0.3) is 0 Å². The molecule has 1 heteroatoms. The minimum Gasteiger partial charge on any atom is -0.327 e. The normalized spacial score (nSPS) is 23.6. The Kier molecular flexibility index (Phi) is 3.22. The van der Waals surface area contributed by atoms with E-state index >= 15 is 0 Å². The zero-order valence-corrected chi connectivity index (χ0v) is 9.37. The van der Waals surface area contributed by atoms with Crippen LogP contribution >= 0.6 is 0 Å². The van der Waals surface area contributed by atoms with Crippen molar-refractivity contribution < 1.29 is 0 Å². The molecule has 0 heterocycles. The van der Waals surface area contributed by atoms with Crippen LogP contribution in [0, 0.1) is 0 Å². The van der Waals surface area contributed by atoms with Crippen LogP contribution in [0.25, 0.3) is 6.08 Å². The second-order valence-corrected chi connectivity index (χ2v) is 4.40. The van der Waals surface area contributed by atoms with Gasteiger partial charge in [-0.15, -0.1) is 0 Å². The van der Waals surface area contributed by atoms with E-state index in [0.29, 0.717) is 6.04 Å². The molecule has 1 aliphatic carbocycles. The second kappa shape index (κ2) is 4.63. The molecule has 1 aliphatic rings. The number of hydrogen-bond donors (Lipinski definition) is 1. The smallest absolute Gasteiger partial charge is 0.00792 e. The predicted octanol–water partition coefficient (Wildman–Crippen LogP) is 3.14. The Bertz CT molecular complexity index is 348. The van der Waals surface area contributed by atoms with Gasteiger partial charge in [-0.05, 0) is 36.8 Å². The first kappa shape index (κ1) is 10.4. The standard InChI is InChI=1S/C14H19N/c1-2-11-3-5-12(6-4-11)9-13-7-8-14(15)10-13/h3-6,9,14H,2,7-8,10,15H2,1H3. The highest BCUT2D eigenvalue weighted by atomic mass is 14.6. The van der Waals surface area contributed by atoms with Crippen molar-refractivity contribution in [2.75, 3.05) is 0 Å².